The Hall–Kier alpha value is -2.87. The highest BCUT2D eigenvalue weighted by Crippen LogP contribution is 2.26. The van der Waals surface area contributed by atoms with Gasteiger partial charge in [0, 0.05) is 6.07 Å². The molecule has 5 nitrogen and oxygen atoms in total. The van der Waals surface area contributed by atoms with Crippen LogP contribution >= 0.6 is 0 Å². The Morgan fingerprint density at radius 3 is 2.58 bits per heavy atom. The maximum atomic E-state index is 10.7. The number of nitro benzene ring substituents is 1. The van der Waals surface area contributed by atoms with Gasteiger partial charge in [0.15, 0.2) is 0 Å². The van der Waals surface area contributed by atoms with Gasteiger partial charge in [-0.05, 0) is 36.8 Å². The maximum absolute atomic E-state index is 10.7. The normalized spacial score (nSPS) is 9.68. The first-order chi connectivity index (χ1) is 9.10. The van der Waals surface area contributed by atoms with Crippen LogP contribution in [-0.4, -0.2) is 4.92 Å². The summed E-state index contributed by atoms with van der Waals surface area (Å²) in [4.78, 5) is 10.2. The van der Waals surface area contributed by atoms with Crippen molar-refractivity contribution in [1.82, 2.24) is 0 Å². The first-order valence-corrected chi connectivity index (χ1v) is 5.53. The fourth-order valence-electron chi connectivity index (χ4n) is 1.62. The number of aryl methyl sites for hydroxylation is 1. The molecule has 0 radical (unpaired) electrons. The Balaban J connectivity index is 2.26. The Morgan fingerprint density at radius 1 is 1.21 bits per heavy atom. The van der Waals surface area contributed by atoms with Crippen LogP contribution in [0.3, 0.4) is 0 Å². The van der Waals surface area contributed by atoms with Crippen molar-refractivity contribution in [2.45, 2.75) is 6.92 Å². The van der Waals surface area contributed by atoms with Crippen LogP contribution in [-0.2, 0) is 0 Å². The molecule has 19 heavy (non-hydrogen) atoms. The van der Waals surface area contributed by atoms with Gasteiger partial charge in [0.2, 0.25) is 0 Å². The van der Waals surface area contributed by atoms with Gasteiger partial charge < -0.3 is 4.74 Å². The third-order valence-corrected chi connectivity index (χ3v) is 2.58. The molecule has 94 valence electrons. The molecule has 0 aliphatic heterocycles. The highest BCUT2D eigenvalue weighted by atomic mass is 16.6. The number of ether oxygens (including phenoxy) is 1. The highest BCUT2D eigenvalue weighted by Gasteiger charge is 2.07. The molecule has 0 spiro atoms. The average molecular weight is 254 g/mol. The first-order valence-electron chi connectivity index (χ1n) is 5.53. The van der Waals surface area contributed by atoms with Crippen molar-refractivity contribution >= 4 is 5.69 Å². The van der Waals surface area contributed by atoms with E-state index in [1.54, 1.807) is 37.3 Å². The molecule has 0 saturated heterocycles. The van der Waals surface area contributed by atoms with Crippen LogP contribution < -0.4 is 4.74 Å². The van der Waals surface area contributed by atoms with Crippen LogP contribution in [0.15, 0.2) is 42.5 Å². The Labute approximate surface area is 109 Å². The van der Waals surface area contributed by atoms with Gasteiger partial charge in [0.05, 0.1) is 22.6 Å². The number of benzene rings is 2. The third kappa shape index (κ3) is 2.87. The average Bonchev–Trinajstić information content (AvgIpc) is 2.39. The minimum atomic E-state index is -0.475. The van der Waals surface area contributed by atoms with Crippen molar-refractivity contribution in [3.63, 3.8) is 0 Å². The molecule has 0 heterocycles. The number of nitro groups is 1. The van der Waals surface area contributed by atoms with Gasteiger partial charge in [-0.3, -0.25) is 10.1 Å². The summed E-state index contributed by atoms with van der Waals surface area (Å²) in [6, 6.07) is 13.1. The van der Waals surface area contributed by atoms with Gasteiger partial charge in [0.1, 0.15) is 11.5 Å². The van der Waals surface area contributed by atoms with E-state index >= 15 is 0 Å². The van der Waals surface area contributed by atoms with Gasteiger partial charge in [-0.2, -0.15) is 5.26 Å². The van der Waals surface area contributed by atoms with E-state index in [1.807, 2.05) is 0 Å². The third-order valence-electron chi connectivity index (χ3n) is 2.58. The van der Waals surface area contributed by atoms with Crippen LogP contribution in [0, 0.1) is 28.4 Å². The molecule has 0 amide bonds. The number of hydrogen-bond donors (Lipinski definition) is 0. The van der Waals surface area contributed by atoms with E-state index < -0.39 is 4.92 Å². The highest BCUT2D eigenvalue weighted by molar-refractivity contribution is 5.45. The van der Waals surface area contributed by atoms with Crippen molar-refractivity contribution in [3.05, 3.63) is 63.7 Å². The number of nitrogens with zero attached hydrogens (tertiary/aromatic N) is 2. The van der Waals surface area contributed by atoms with Crippen molar-refractivity contribution in [3.8, 4) is 17.6 Å². The summed E-state index contributed by atoms with van der Waals surface area (Å²) in [6.45, 7) is 1.80. The molecule has 0 aliphatic carbocycles. The molecule has 0 saturated carbocycles. The van der Waals surface area contributed by atoms with E-state index in [2.05, 4.69) is 6.07 Å². The van der Waals surface area contributed by atoms with E-state index in [9.17, 15) is 10.1 Å². The molecule has 0 aliphatic rings. The Bertz CT molecular complexity index is 675. The molecule has 0 atom stereocenters. The fourth-order valence-corrected chi connectivity index (χ4v) is 1.62. The lowest BCUT2D eigenvalue weighted by atomic mass is 10.1. The van der Waals surface area contributed by atoms with E-state index in [0.717, 1.165) is 5.56 Å². The summed E-state index contributed by atoms with van der Waals surface area (Å²) in [5.74, 6) is 0.926. The van der Waals surface area contributed by atoms with E-state index in [-0.39, 0.29) is 5.69 Å². The number of nitriles is 1. The summed E-state index contributed by atoms with van der Waals surface area (Å²) in [5.41, 5.74) is 1.35. The predicted molar refractivity (Wildman–Crippen MR) is 69.1 cm³/mol. The lowest BCUT2D eigenvalue weighted by molar-refractivity contribution is -0.384. The lowest BCUT2D eigenvalue weighted by Gasteiger charge is -2.06. The van der Waals surface area contributed by atoms with E-state index in [0.29, 0.717) is 17.1 Å². The van der Waals surface area contributed by atoms with Crippen LogP contribution in [0.5, 0.6) is 11.5 Å². The van der Waals surface area contributed by atoms with Gasteiger partial charge in [0.25, 0.3) is 5.69 Å². The second kappa shape index (κ2) is 5.19. The summed E-state index contributed by atoms with van der Waals surface area (Å²) in [6.07, 6.45) is 0. The van der Waals surface area contributed by atoms with Crippen LogP contribution in [0.25, 0.3) is 0 Å². The fraction of sp³-hybridized carbons (Fsp3) is 0.0714. The molecule has 0 unspecified atom stereocenters. The zero-order chi connectivity index (χ0) is 13.8. The number of hydrogen-bond acceptors (Lipinski definition) is 4. The standard InChI is InChI=1S/C14H10N2O3/c1-10-7-14(6-5-11(10)9-15)19-13-4-2-3-12(8-13)16(17)18/h2-8H,1H3. The van der Waals surface area contributed by atoms with Crippen LogP contribution in [0.2, 0.25) is 0 Å². The SMILES string of the molecule is Cc1cc(Oc2cccc([N+](=O)[O-])c2)ccc1C#N. The zero-order valence-corrected chi connectivity index (χ0v) is 10.2. The van der Waals surface area contributed by atoms with Gasteiger partial charge >= 0.3 is 0 Å². The van der Waals surface area contributed by atoms with Crippen molar-refractivity contribution in [1.29, 1.82) is 5.26 Å². The summed E-state index contributed by atoms with van der Waals surface area (Å²) in [5, 5.41) is 19.5. The molecule has 2 aromatic rings. The minimum absolute atomic E-state index is 0.0251. The molecule has 0 aromatic heterocycles. The molecule has 0 bridgehead atoms. The molecule has 2 rings (SSSR count). The van der Waals surface area contributed by atoms with Gasteiger partial charge in [-0.15, -0.1) is 0 Å². The molecule has 0 N–H and O–H groups in total. The minimum Gasteiger partial charge on any atom is -0.457 e. The second-order valence-corrected chi connectivity index (χ2v) is 3.95. The molecular formula is C14H10N2O3. The number of non-ortho nitro benzene ring substituents is 1. The van der Waals surface area contributed by atoms with Crippen LogP contribution in [0.1, 0.15) is 11.1 Å². The zero-order valence-electron chi connectivity index (χ0n) is 10.2. The quantitative estimate of drug-likeness (QED) is 0.619. The van der Waals surface area contributed by atoms with Crippen LogP contribution in [0.4, 0.5) is 5.69 Å². The second-order valence-electron chi connectivity index (χ2n) is 3.95. The van der Waals surface area contributed by atoms with Gasteiger partial charge in [-0.1, -0.05) is 6.07 Å². The smallest absolute Gasteiger partial charge is 0.273 e. The lowest BCUT2D eigenvalue weighted by Crippen LogP contribution is -1.90. The van der Waals surface area contributed by atoms with Crippen molar-refractivity contribution in [2.24, 2.45) is 0 Å². The summed E-state index contributed by atoms with van der Waals surface area (Å²) < 4.78 is 5.54. The Morgan fingerprint density at radius 2 is 1.95 bits per heavy atom. The molecule has 0 fully saturated rings. The van der Waals surface area contributed by atoms with Crippen molar-refractivity contribution in [2.75, 3.05) is 0 Å². The summed E-state index contributed by atoms with van der Waals surface area (Å²) in [7, 11) is 0. The summed E-state index contributed by atoms with van der Waals surface area (Å²) >= 11 is 0. The van der Waals surface area contributed by atoms with E-state index in [1.165, 1.54) is 12.1 Å². The molecule has 2 aromatic carbocycles. The van der Waals surface area contributed by atoms with Crippen molar-refractivity contribution < 1.29 is 9.66 Å². The largest absolute Gasteiger partial charge is 0.457 e. The predicted octanol–water partition coefficient (Wildman–Crippen LogP) is 3.57. The monoisotopic (exact) mass is 254 g/mol. The maximum Gasteiger partial charge on any atom is 0.273 e. The number of rotatable bonds is 3. The first kappa shape index (κ1) is 12.6. The molecule has 5 heteroatoms. The van der Waals surface area contributed by atoms with Gasteiger partial charge in [-0.25, -0.2) is 0 Å². The van der Waals surface area contributed by atoms with E-state index in [4.69, 9.17) is 10.00 Å². The topological polar surface area (TPSA) is 76.2 Å². The Kier molecular flexibility index (Phi) is 3.44. The molecular weight excluding hydrogens is 244 g/mol.